The van der Waals surface area contributed by atoms with Crippen LogP contribution in [0.3, 0.4) is 0 Å². The van der Waals surface area contributed by atoms with Gasteiger partial charge in [0.05, 0.1) is 7.11 Å². The van der Waals surface area contributed by atoms with Crippen molar-refractivity contribution in [2.24, 2.45) is 5.92 Å². The van der Waals surface area contributed by atoms with Gasteiger partial charge >= 0.3 is 0 Å². The van der Waals surface area contributed by atoms with E-state index < -0.39 is 0 Å². The summed E-state index contributed by atoms with van der Waals surface area (Å²) < 4.78 is 10.9. The van der Waals surface area contributed by atoms with Crippen molar-refractivity contribution in [3.05, 3.63) is 36.4 Å². The number of carbonyl (C=O) groups excluding carboxylic acids is 1. The van der Waals surface area contributed by atoms with Gasteiger partial charge in [-0.1, -0.05) is 12.1 Å². The smallest absolute Gasteiger partial charge is 0.257 e. The van der Waals surface area contributed by atoms with Crippen molar-refractivity contribution in [2.75, 3.05) is 33.4 Å². The van der Waals surface area contributed by atoms with E-state index >= 15 is 0 Å². The highest BCUT2D eigenvalue weighted by Gasteiger charge is 2.14. The normalized spacial score (nSPS) is 16.6. The molecule has 24 heavy (non-hydrogen) atoms. The fraction of sp³-hybridized carbons (Fsp3) is 0.500. The lowest BCUT2D eigenvalue weighted by molar-refractivity contribution is -0.123. The van der Waals surface area contributed by atoms with Crippen LogP contribution >= 0.6 is 12.4 Å². The molecule has 2 N–H and O–H groups in total. The second-order valence-electron chi connectivity index (χ2n) is 5.78. The SMILES string of the molecule is C=CCc1ccc(OCC(=O)NCC2CCCNC2)c(OC)c1.Cl. The van der Waals surface area contributed by atoms with Crippen molar-refractivity contribution in [3.8, 4) is 11.5 Å². The van der Waals surface area contributed by atoms with Gasteiger partial charge in [-0.25, -0.2) is 0 Å². The van der Waals surface area contributed by atoms with Crippen LogP contribution in [-0.4, -0.2) is 39.3 Å². The van der Waals surface area contributed by atoms with Crippen molar-refractivity contribution in [1.29, 1.82) is 0 Å². The summed E-state index contributed by atoms with van der Waals surface area (Å²) in [7, 11) is 1.59. The minimum Gasteiger partial charge on any atom is -0.493 e. The highest BCUT2D eigenvalue weighted by molar-refractivity contribution is 5.85. The van der Waals surface area contributed by atoms with Crippen LogP contribution in [0.1, 0.15) is 18.4 Å². The van der Waals surface area contributed by atoms with E-state index in [2.05, 4.69) is 17.2 Å². The maximum absolute atomic E-state index is 11.9. The lowest BCUT2D eigenvalue weighted by Gasteiger charge is -2.22. The number of amides is 1. The number of piperidine rings is 1. The van der Waals surface area contributed by atoms with E-state index in [1.807, 2.05) is 24.3 Å². The van der Waals surface area contributed by atoms with Crippen LogP contribution in [0, 0.1) is 5.92 Å². The van der Waals surface area contributed by atoms with Gasteiger partial charge in [-0.05, 0) is 56.0 Å². The number of nitrogens with one attached hydrogen (secondary N) is 2. The Morgan fingerprint density at radius 1 is 1.46 bits per heavy atom. The van der Waals surface area contributed by atoms with E-state index in [0.29, 0.717) is 24.0 Å². The molecule has 1 aliphatic rings. The van der Waals surface area contributed by atoms with Crippen LogP contribution in [0.5, 0.6) is 11.5 Å². The van der Waals surface area contributed by atoms with E-state index in [9.17, 15) is 4.79 Å². The first-order valence-corrected chi connectivity index (χ1v) is 8.11. The van der Waals surface area contributed by atoms with Gasteiger partial charge in [0.15, 0.2) is 18.1 Å². The maximum Gasteiger partial charge on any atom is 0.257 e. The van der Waals surface area contributed by atoms with Crippen LogP contribution in [0.4, 0.5) is 0 Å². The second kappa shape index (κ2) is 10.9. The lowest BCUT2D eigenvalue weighted by Crippen LogP contribution is -2.39. The molecule has 0 aliphatic carbocycles. The fourth-order valence-corrected chi connectivity index (χ4v) is 2.68. The van der Waals surface area contributed by atoms with Crippen LogP contribution in [0.2, 0.25) is 0 Å². The first kappa shape index (κ1) is 20.3. The molecule has 0 saturated carbocycles. The number of carbonyl (C=O) groups is 1. The summed E-state index contributed by atoms with van der Waals surface area (Å²) in [5, 5.41) is 6.27. The van der Waals surface area contributed by atoms with Gasteiger partial charge < -0.3 is 20.1 Å². The Balaban J connectivity index is 0.00000288. The molecule has 2 rings (SSSR count). The summed E-state index contributed by atoms with van der Waals surface area (Å²) in [6, 6.07) is 5.68. The fourth-order valence-electron chi connectivity index (χ4n) is 2.68. The molecule has 1 aromatic carbocycles. The van der Waals surface area contributed by atoms with Crippen molar-refractivity contribution in [2.45, 2.75) is 19.3 Å². The Morgan fingerprint density at radius 3 is 2.96 bits per heavy atom. The highest BCUT2D eigenvalue weighted by atomic mass is 35.5. The van der Waals surface area contributed by atoms with Gasteiger partial charge in [0.25, 0.3) is 5.91 Å². The summed E-state index contributed by atoms with van der Waals surface area (Å²) in [5.41, 5.74) is 1.10. The molecule has 1 atom stereocenters. The molecule has 0 spiro atoms. The molecule has 1 aliphatic heterocycles. The molecular weight excluding hydrogens is 328 g/mol. The molecule has 0 radical (unpaired) electrons. The highest BCUT2D eigenvalue weighted by Crippen LogP contribution is 2.28. The third-order valence-corrected chi connectivity index (χ3v) is 3.95. The number of benzene rings is 1. The summed E-state index contributed by atoms with van der Waals surface area (Å²) in [5.74, 6) is 1.62. The van der Waals surface area contributed by atoms with Crippen molar-refractivity contribution < 1.29 is 14.3 Å². The Labute approximate surface area is 150 Å². The minimum atomic E-state index is -0.104. The molecular formula is C18H27ClN2O3. The first-order valence-electron chi connectivity index (χ1n) is 8.11. The number of hydrogen-bond acceptors (Lipinski definition) is 4. The zero-order chi connectivity index (χ0) is 16.5. The minimum absolute atomic E-state index is 0. The molecule has 0 aromatic heterocycles. The summed E-state index contributed by atoms with van der Waals surface area (Å²) in [4.78, 5) is 11.9. The first-order chi connectivity index (χ1) is 11.2. The van der Waals surface area contributed by atoms with Gasteiger partial charge in [0.1, 0.15) is 0 Å². The lowest BCUT2D eigenvalue weighted by atomic mass is 10.00. The number of allylic oxidation sites excluding steroid dienone is 1. The van der Waals surface area contributed by atoms with Gasteiger partial charge in [-0.3, -0.25) is 4.79 Å². The molecule has 1 amide bonds. The Hall–Kier alpha value is -1.72. The third-order valence-electron chi connectivity index (χ3n) is 3.95. The summed E-state index contributed by atoms with van der Waals surface area (Å²) in [6.45, 7) is 6.47. The standard InChI is InChI=1S/C18H26N2O3.ClH/c1-3-5-14-7-8-16(17(10-14)22-2)23-13-18(21)20-12-15-6-4-9-19-11-15;/h3,7-8,10,15,19H,1,4-6,9,11-13H2,2H3,(H,20,21);1H. The molecule has 1 saturated heterocycles. The van der Waals surface area contributed by atoms with Crippen LogP contribution < -0.4 is 20.1 Å². The number of ether oxygens (including phenoxy) is 2. The average Bonchev–Trinajstić information content (AvgIpc) is 2.59. The second-order valence-corrected chi connectivity index (χ2v) is 5.78. The van der Waals surface area contributed by atoms with Crippen molar-refractivity contribution >= 4 is 18.3 Å². The number of hydrogen-bond donors (Lipinski definition) is 2. The van der Waals surface area contributed by atoms with Crippen LogP contribution in [0.25, 0.3) is 0 Å². The molecule has 134 valence electrons. The quantitative estimate of drug-likeness (QED) is 0.703. The number of rotatable bonds is 8. The molecule has 5 nitrogen and oxygen atoms in total. The molecule has 1 heterocycles. The number of halogens is 1. The Morgan fingerprint density at radius 2 is 2.29 bits per heavy atom. The van der Waals surface area contributed by atoms with E-state index in [0.717, 1.165) is 31.5 Å². The van der Waals surface area contributed by atoms with Crippen LogP contribution in [0.15, 0.2) is 30.9 Å². The Kier molecular flexibility index (Phi) is 9.27. The zero-order valence-electron chi connectivity index (χ0n) is 14.2. The van der Waals surface area contributed by atoms with Gasteiger partial charge in [-0.15, -0.1) is 19.0 Å². The average molecular weight is 355 g/mol. The molecule has 1 fully saturated rings. The van der Waals surface area contributed by atoms with E-state index in [1.165, 1.54) is 6.42 Å². The topological polar surface area (TPSA) is 59.6 Å². The van der Waals surface area contributed by atoms with E-state index in [1.54, 1.807) is 7.11 Å². The largest absolute Gasteiger partial charge is 0.493 e. The Bertz CT molecular complexity index is 531. The molecule has 0 bridgehead atoms. The van der Waals surface area contributed by atoms with Gasteiger partial charge in [0.2, 0.25) is 0 Å². The summed E-state index contributed by atoms with van der Waals surface area (Å²) >= 11 is 0. The van der Waals surface area contributed by atoms with E-state index in [-0.39, 0.29) is 24.9 Å². The van der Waals surface area contributed by atoms with Crippen LogP contribution in [-0.2, 0) is 11.2 Å². The monoisotopic (exact) mass is 354 g/mol. The van der Waals surface area contributed by atoms with Gasteiger partial charge in [0, 0.05) is 6.54 Å². The van der Waals surface area contributed by atoms with Crippen molar-refractivity contribution in [1.82, 2.24) is 10.6 Å². The molecule has 1 aromatic rings. The number of methoxy groups -OCH3 is 1. The predicted molar refractivity (Wildman–Crippen MR) is 98.2 cm³/mol. The zero-order valence-corrected chi connectivity index (χ0v) is 15.0. The molecule has 6 heteroatoms. The maximum atomic E-state index is 11.9. The van der Waals surface area contributed by atoms with Crippen molar-refractivity contribution in [3.63, 3.8) is 0 Å². The van der Waals surface area contributed by atoms with Gasteiger partial charge in [-0.2, -0.15) is 0 Å². The summed E-state index contributed by atoms with van der Waals surface area (Å²) in [6.07, 6.45) is 4.94. The predicted octanol–water partition coefficient (Wildman–Crippen LogP) is 2.34. The molecule has 1 unspecified atom stereocenters. The van der Waals surface area contributed by atoms with E-state index in [4.69, 9.17) is 9.47 Å². The third kappa shape index (κ3) is 6.42.